The number of hydrogen-bond donors (Lipinski definition) is 2. The number of benzene rings is 2. The van der Waals surface area contributed by atoms with Crippen molar-refractivity contribution >= 4 is 17.4 Å². The highest BCUT2D eigenvalue weighted by Gasteiger charge is 2.19. The number of aryl methyl sites for hydroxylation is 1. The molecule has 2 aromatic carbocycles. The molecule has 2 aromatic rings. The summed E-state index contributed by atoms with van der Waals surface area (Å²) in [5.41, 5.74) is 4.58. The second-order valence-corrected chi connectivity index (χ2v) is 5.70. The lowest BCUT2D eigenvalue weighted by Crippen LogP contribution is -2.36. The van der Waals surface area contributed by atoms with Crippen LogP contribution in [0.15, 0.2) is 42.5 Å². The predicted octanol–water partition coefficient (Wildman–Crippen LogP) is 3.32. The molecule has 0 radical (unpaired) electrons. The van der Waals surface area contributed by atoms with Gasteiger partial charge >= 0.3 is 6.03 Å². The summed E-state index contributed by atoms with van der Waals surface area (Å²) in [6, 6.07) is 11.8. The maximum atomic E-state index is 12.8. The molecule has 4 nitrogen and oxygen atoms in total. The summed E-state index contributed by atoms with van der Waals surface area (Å²) in [5.74, 6) is -0.320. The monoisotopic (exact) mass is 313 g/mol. The molecule has 3 rings (SSSR count). The minimum absolute atomic E-state index is 0.278. The van der Waals surface area contributed by atoms with Gasteiger partial charge in [-0.3, -0.25) is 0 Å². The molecule has 1 heterocycles. The van der Waals surface area contributed by atoms with Gasteiger partial charge in [-0.15, -0.1) is 0 Å². The van der Waals surface area contributed by atoms with Crippen LogP contribution in [0.25, 0.3) is 0 Å². The number of halogens is 1. The third-order valence-corrected chi connectivity index (χ3v) is 4.13. The second-order valence-electron chi connectivity index (χ2n) is 5.70. The molecular formula is C18H20FN3O. The Morgan fingerprint density at radius 3 is 2.78 bits per heavy atom. The van der Waals surface area contributed by atoms with E-state index in [4.69, 9.17) is 0 Å². The van der Waals surface area contributed by atoms with E-state index in [0.29, 0.717) is 12.2 Å². The molecule has 0 aliphatic carbocycles. The summed E-state index contributed by atoms with van der Waals surface area (Å²) >= 11 is 0. The van der Waals surface area contributed by atoms with Gasteiger partial charge in [-0.2, -0.15) is 0 Å². The summed E-state index contributed by atoms with van der Waals surface area (Å²) in [6.45, 7) is 4.45. The van der Waals surface area contributed by atoms with Crippen LogP contribution < -0.4 is 15.5 Å². The van der Waals surface area contributed by atoms with Crippen molar-refractivity contribution in [1.82, 2.24) is 5.32 Å². The van der Waals surface area contributed by atoms with E-state index in [-0.39, 0.29) is 11.8 Å². The van der Waals surface area contributed by atoms with Gasteiger partial charge in [0.25, 0.3) is 0 Å². The van der Waals surface area contributed by atoms with E-state index in [9.17, 15) is 9.18 Å². The molecule has 0 bridgehead atoms. The minimum Gasteiger partial charge on any atom is -0.369 e. The molecule has 0 aromatic heterocycles. The Morgan fingerprint density at radius 2 is 2.00 bits per heavy atom. The average Bonchev–Trinajstić information content (AvgIpc) is 2.94. The van der Waals surface area contributed by atoms with Crippen molar-refractivity contribution in [2.75, 3.05) is 29.9 Å². The fourth-order valence-electron chi connectivity index (χ4n) is 2.92. The van der Waals surface area contributed by atoms with Crippen LogP contribution >= 0.6 is 0 Å². The molecule has 1 aliphatic rings. The normalized spacial score (nSPS) is 12.9. The van der Waals surface area contributed by atoms with E-state index in [1.807, 2.05) is 0 Å². The second kappa shape index (κ2) is 6.69. The first-order valence-corrected chi connectivity index (χ1v) is 7.77. The molecule has 0 spiro atoms. The smallest absolute Gasteiger partial charge is 0.319 e. The highest BCUT2D eigenvalue weighted by atomic mass is 19.1. The quantitative estimate of drug-likeness (QED) is 0.909. The summed E-state index contributed by atoms with van der Waals surface area (Å²) in [4.78, 5) is 14.1. The maximum Gasteiger partial charge on any atom is 0.319 e. The summed E-state index contributed by atoms with van der Waals surface area (Å²) in [6.07, 6.45) is 1.06. The number of hydrogen-bond acceptors (Lipinski definition) is 2. The van der Waals surface area contributed by atoms with Crippen molar-refractivity contribution < 1.29 is 9.18 Å². The molecule has 2 N–H and O–H groups in total. The van der Waals surface area contributed by atoms with E-state index in [2.05, 4.69) is 40.7 Å². The van der Waals surface area contributed by atoms with Gasteiger partial charge in [0.1, 0.15) is 5.82 Å². The highest BCUT2D eigenvalue weighted by Crippen LogP contribution is 2.29. The molecule has 0 fully saturated rings. The first-order valence-electron chi connectivity index (χ1n) is 7.77. The van der Waals surface area contributed by atoms with Gasteiger partial charge in [0.2, 0.25) is 0 Å². The van der Waals surface area contributed by atoms with Crippen molar-refractivity contribution in [3.05, 3.63) is 59.4 Å². The highest BCUT2D eigenvalue weighted by molar-refractivity contribution is 5.89. The molecule has 0 atom stereocenters. The zero-order valence-electron chi connectivity index (χ0n) is 13.1. The first-order chi connectivity index (χ1) is 11.1. The van der Waals surface area contributed by atoms with Crippen LogP contribution in [0.1, 0.15) is 11.1 Å². The van der Waals surface area contributed by atoms with Crippen LogP contribution in [0.5, 0.6) is 0 Å². The van der Waals surface area contributed by atoms with Gasteiger partial charge in [-0.1, -0.05) is 12.1 Å². The zero-order chi connectivity index (χ0) is 16.2. The zero-order valence-corrected chi connectivity index (χ0v) is 13.1. The number of carbonyl (C=O) groups is 1. The number of anilines is 2. The topological polar surface area (TPSA) is 44.4 Å². The van der Waals surface area contributed by atoms with Crippen molar-refractivity contribution in [3.63, 3.8) is 0 Å². The Balaban J connectivity index is 1.48. The number of nitrogens with zero attached hydrogens (tertiary/aromatic N) is 1. The molecule has 0 saturated carbocycles. The minimum atomic E-state index is -0.320. The molecule has 0 saturated heterocycles. The number of nitrogens with one attached hydrogen (secondary N) is 2. The number of rotatable bonds is 4. The fourth-order valence-corrected chi connectivity index (χ4v) is 2.92. The van der Waals surface area contributed by atoms with Gasteiger partial charge in [0.05, 0.1) is 0 Å². The largest absolute Gasteiger partial charge is 0.369 e. The van der Waals surface area contributed by atoms with Crippen LogP contribution in [-0.2, 0) is 6.42 Å². The fraction of sp³-hybridized carbons (Fsp3) is 0.278. The van der Waals surface area contributed by atoms with Gasteiger partial charge in [0.15, 0.2) is 0 Å². The van der Waals surface area contributed by atoms with Gasteiger partial charge in [-0.25, -0.2) is 9.18 Å². The molecule has 5 heteroatoms. The van der Waals surface area contributed by atoms with Gasteiger partial charge in [0, 0.05) is 31.0 Å². The Hall–Kier alpha value is -2.56. The van der Waals surface area contributed by atoms with Crippen LogP contribution in [0, 0.1) is 12.7 Å². The van der Waals surface area contributed by atoms with Crippen molar-refractivity contribution in [2.24, 2.45) is 0 Å². The number of fused-ring (bicyclic) bond motifs is 1. The van der Waals surface area contributed by atoms with Crippen LogP contribution in [-0.4, -0.2) is 25.7 Å². The Kier molecular flexibility index (Phi) is 4.46. The van der Waals surface area contributed by atoms with E-state index in [1.54, 1.807) is 0 Å². The summed E-state index contributed by atoms with van der Waals surface area (Å²) in [7, 11) is 0. The molecule has 2 amide bonds. The summed E-state index contributed by atoms with van der Waals surface area (Å²) < 4.78 is 12.8. The SMILES string of the molecule is Cc1cccc2c1CCN2CCNC(=O)Nc1ccc(F)cc1. The van der Waals surface area contributed by atoms with Crippen LogP contribution in [0.4, 0.5) is 20.6 Å². The van der Waals surface area contributed by atoms with Crippen molar-refractivity contribution in [1.29, 1.82) is 0 Å². The van der Waals surface area contributed by atoms with E-state index in [0.717, 1.165) is 19.5 Å². The maximum absolute atomic E-state index is 12.8. The molecule has 23 heavy (non-hydrogen) atoms. The summed E-state index contributed by atoms with van der Waals surface area (Å²) in [5, 5.41) is 5.52. The Bertz CT molecular complexity index is 700. The first kappa shape index (κ1) is 15.3. The lowest BCUT2D eigenvalue weighted by Gasteiger charge is -2.20. The van der Waals surface area contributed by atoms with Crippen LogP contribution in [0.2, 0.25) is 0 Å². The van der Waals surface area contributed by atoms with Gasteiger partial charge < -0.3 is 15.5 Å². The Morgan fingerprint density at radius 1 is 1.22 bits per heavy atom. The van der Waals surface area contributed by atoms with Crippen molar-refractivity contribution in [3.8, 4) is 0 Å². The van der Waals surface area contributed by atoms with E-state index < -0.39 is 0 Å². The number of urea groups is 1. The predicted molar refractivity (Wildman–Crippen MR) is 90.5 cm³/mol. The Labute approximate surface area is 135 Å². The third kappa shape index (κ3) is 3.62. The molecule has 0 unspecified atom stereocenters. The average molecular weight is 313 g/mol. The van der Waals surface area contributed by atoms with E-state index in [1.165, 1.54) is 41.1 Å². The van der Waals surface area contributed by atoms with E-state index >= 15 is 0 Å². The van der Waals surface area contributed by atoms with Gasteiger partial charge in [-0.05, 0) is 54.8 Å². The lowest BCUT2D eigenvalue weighted by atomic mass is 10.1. The standard InChI is InChI=1S/C18H20FN3O/c1-13-3-2-4-17-16(13)9-11-22(17)12-10-20-18(23)21-15-7-5-14(19)6-8-15/h2-8H,9-12H2,1H3,(H2,20,21,23). The van der Waals surface area contributed by atoms with Crippen molar-refractivity contribution in [2.45, 2.75) is 13.3 Å². The van der Waals surface area contributed by atoms with Crippen LogP contribution in [0.3, 0.4) is 0 Å². The molecule has 120 valence electrons. The molecule has 1 aliphatic heterocycles. The number of carbonyl (C=O) groups excluding carboxylic acids is 1. The lowest BCUT2D eigenvalue weighted by molar-refractivity contribution is 0.252. The third-order valence-electron chi connectivity index (χ3n) is 4.13. The molecular weight excluding hydrogens is 293 g/mol. The number of amides is 2.